The smallest absolute Gasteiger partial charge is 0.333 e. The Balaban J connectivity index is 1.81. The van der Waals surface area contributed by atoms with Crippen LogP contribution in [-0.4, -0.2) is 52.7 Å². The van der Waals surface area contributed by atoms with Crippen LogP contribution >= 0.6 is 0 Å². The quantitative estimate of drug-likeness (QED) is 0.583. The third kappa shape index (κ3) is 5.48. The number of hydrogen-bond donors (Lipinski definition) is 0. The van der Waals surface area contributed by atoms with Gasteiger partial charge in [-0.3, -0.25) is 4.79 Å². The fraction of sp³-hybridized carbons (Fsp3) is 0.273. The van der Waals surface area contributed by atoms with E-state index in [1.54, 1.807) is 58.4 Å². The van der Waals surface area contributed by atoms with Crippen LogP contribution < -0.4 is 0 Å². The molecule has 1 amide bonds. The van der Waals surface area contributed by atoms with Gasteiger partial charge < -0.3 is 9.80 Å². The van der Waals surface area contributed by atoms with Crippen LogP contribution in [-0.2, 0) is 12.7 Å². The number of amides is 1. The van der Waals surface area contributed by atoms with Crippen molar-refractivity contribution in [2.24, 2.45) is 0 Å². The molecular formula is C22H23F3N4O. The second-order valence-corrected chi connectivity index (χ2v) is 7.23. The molecule has 0 aliphatic heterocycles. The minimum absolute atomic E-state index is 0.0947. The molecule has 3 rings (SSSR count). The molecule has 2 aromatic carbocycles. The summed E-state index contributed by atoms with van der Waals surface area (Å²) < 4.78 is 40.8. The number of nitrogens with zero attached hydrogens (tertiary/aromatic N) is 4. The molecule has 0 atom stereocenters. The van der Waals surface area contributed by atoms with Gasteiger partial charge in [-0.05, 0) is 62.1 Å². The summed E-state index contributed by atoms with van der Waals surface area (Å²) in [6.45, 7) is 1.08. The van der Waals surface area contributed by atoms with E-state index in [-0.39, 0.29) is 12.5 Å². The highest BCUT2D eigenvalue weighted by Gasteiger charge is 2.30. The predicted molar refractivity (Wildman–Crippen MR) is 108 cm³/mol. The maximum atomic E-state index is 13.1. The van der Waals surface area contributed by atoms with Crippen molar-refractivity contribution in [3.63, 3.8) is 0 Å². The van der Waals surface area contributed by atoms with E-state index >= 15 is 0 Å². The van der Waals surface area contributed by atoms with E-state index in [1.807, 2.05) is 19.0 Å². The van der Waals surface area contributed by atoms with E-state index in [4.69, 9.17) is 0 Å². The van der Waals surface area contributed by atoms with Crippen LogP contribution in [0.5, 0.6) is 0 Å². The highest BCUT2D eigenvalue weighted by atomic mass is 19.4. The molecule has 3 aromatic rings. The molecule has 30 heavy (non-hydrogen) atoms. The zero-order valence-electron chi connectivity index (χ0n) is 16.8. The average molecular weight is 416 g/mol. The molecule has 0 saturated carbocycles. The average Bonchev–Trinajstić information content (AvgIpc) is 3.25. The number of halogens is 3. The lowest BCUT2D eigenvalue weighted by Crippen LogP contribution is -2.36. The van der Waals surface area contributed by atoms with Crippen LogP contribution in [0.2, 0.25) is 0 Å². The van der Waals surface area contributed by atoms with Gasteiger partial charge in [-0.1, -0.05) is 12.1 Å². The van der Waals surface area contributed by atoms with E-state index in [0.29, 0.717) is 24.2 Å². The Morgan fingerprint density at radius 3 is 2.37 bits per heavy atom. The first-order valence-electron chi connectivity index (χ1n) is 9.44. The lowest BCUT2D eigenvalue weighted by atomic mass is 10.1. The van der Waals surface area contributed by atoms with E-state index in [2.05, 4.69) is 5.10 Å². The first kappa shape index (κ1) is 21.6. The second kappa shape index (κ2) is 9.13. The van der Waals surface area contributed by atoms with Crippen LogP contribution in [0.1, 0.15) is 21.5 Å². The number of benzene rings is 2. The molecule has 0 spiro atoms. The Labute approximate surface area is 173 Å². The highest BCUT2D eigenvalue weighted by Crippen LogP contribution is 2.29. The summed E-state index contributed by atoms with van der Waals surface area (Å²) in [6, 6.07) is 13.9. The zero-order chi connectivity index (χ0) is 21.7. The van der Waals surface area contributed by atoms with Gasteiger partial charge in [0, 0.05) is 37.6 Å². The Bertz CT molecular complexity index is 967. The van der Waals surface area contributed by atoms with Gasteiger partial charge in [-0.25, -0.2) is 4.68 Å². The van der Waals surface area contributed by atoms with Crippen molar-refractivity contribution in [1.29, 1.82) is 0 Å². The van der Waals surface area contributed by atoms with Crippen molar-refractivity contribution in [3.8, 4) is 5.69 Å². The lowest BCUT2D eigenvalue weighted by Gasteiger charge is -2.25. The molecule has 0 radical (unpaired) electrons. The number of likely N-dealkylation sites (N-methyl/N-ethyl adjacent to an activating group) is 1. The molecule has 0 saturated heterocycles. The summed E-state index contributed by atoms with van der Waals surface area (Å²) in [6.07, 6.45) is -0.957. The number of rotatable bonds is 7. The molecule has 1 aromatic heterocycles. The minimum atomic E-state index is -4.42. The lowest BCUT2D eigenvalue weighted by molar-refractivity contribution is -0.137. The molecule has 0 N–H and O–H groups in total. The first-order chi connectivity index (χ1) is 14.2. The topological polar surface area (TPSA) is 41.4 Å². The fourth-order valence-corrected chi connectivity index (χ4v) is 3.00. The second-order valence-electron chi connectivity index (χ2n) is 7.23. The van der Waals surface area contributed by atoms with Crippen molar-refractivity contribution in [2.75, 3.05) is 27.2 Å². The summed E-state index contributed by atoms with van der Waals surface area (Å²) in [7, 11) is 3.76. The predicted octanol–water partition coefficient (Wildman–Crippen LogP) is 4.10. The molecule has 0 unspecified atom stereocenters. The van der Waals surface area contributed by atoms with Gasteiger partial charge in [0.05, 0.1) is 11.3 Å². The summed E-state index contributed by atoms with van der Waals surface area (Å²) in [5.41, 5.74) is 1.000. The number of carbonyl (C=O) groups excluding carboxylic acids is 1. The number of hydrogen-bond acceptors (Lipinski definition) is 3. The van der Waals surface area contributed by atoms with Gasteiger partial charge >= 0.3 is 6.18 Å². The largest absolute Gasteiger partial charge is 0.416 e. The fourth-order valence-electron chi connectivity index (χ4n) is 3.00. The molecule has 0 aliphatic carbocycles. The molecule has 158 valence electrons. The molecule has 5 nitrogen and oxygen atoms in total. The van der Waals surface area contributed by atoms with Crippen LogP contribution in [0, 0.1) is 0 Å². The Hall–Kier alpha value is -3.13. The van der Waals surface area contributed by atoms with E-state index in [0.717, 1.165) is 17.8 Å². The van der Waals surface area contributed by atoms with Crippen molar-refractivity contribution in [3.05, 3.63) is 83.7 Å². The monoisotopic (exact) mass is 416 g/mol. The van der Waals surface area contributed by atoms with Gasteiger partial charge in [0.25, 0.3) is 5.91 Å². The van der Waals surface area contributed by atoms with Crippen LogP contribution in [0.25, 0.3) is 5.69 Å². The maximum absolute atomic E-state index is 13.1. The van der Waals surface area contributed by atoms with Gasteiger partial charge in [-0.2, -0.15) is 18.3 Å². The van der Waals surface area contributed by atoms with Crippen molar-refractivity contribution < 1.29 is 18.0 Å². The van der Waals surface area contributed by atoms with E-state index < -0.39 is 11.7 Å². The molecule has 0 aliphatic rings. The summed E-state index contributed by atoms with van der Waals surface area (Å²) in [4.78, 5) is 16.6. The van der Waals surface area contributed by atoms with Crippen molar-refractivity contribution in [2.45, 2.75) is 12.7 Å². The van der Waals surface area contributed by atoms with Crippen LogP contribution in [0.4, 0.5) is 13.2 Å². The molecular weight excluding hydrogens is 393 g/mol. The Morgan fingerprint density at radius 2 is 1.77 bits per heavy atom. The number of aromatic nitrogens is 2. The normalized spacial score (nSPS) is 11.7. The Kier molecular flexibility index (Phi) is 6.56. The van der Waals surface area contributed by atoms with E-state index in [9.17, 15) is 18.0 Å². The van der Waals surface area contributed by atoms with E-state index in [1.165, 1.54) is 6.07 Å². The molecule has 8 heteroatoms. The van der Waals surface area contributed by atoms with Crippen LogP contribution in [0.3, 0.4) is 0 Å². The zero-order valence-corrected chi connectivity index (χ0v) is 16.8. The number of alkyl halides is 3. The summed E-state index contributed by atoms with van der Waals surface area (Å²) in [5.74, 6) is -0.235. The highest BCUT2D eigenvalue weighted by molar-refractivity contribution is 5.94. The minimum Gasteiger partial charge on any atom is -0.333 e. The third-order valence-electron chi connectivity index (χ3n) is 4.62. The Morgan fingerprint density at radius 1 is 1.03 bits per heavy atom. The van der Waals surface area contributed by atoms with Gasteiger partial charge in [0.15, 0.2) is 0 Å². The first-order valence-corrected chi connectivity index (χ1v) is 9.44. The van der Waals surface area contributed by atoms with Gasteiger partial charge in [-0.15, -0.1) is 0 Å². The summed E-state index contributed by atoms with van der Waals surface area (Å²) in [5, 5.41) is 4.15. The SMILES string of the molecule is CN(C)CCN(Cc1cccc(C(F)(F)F)c1)C(=O)c1ccc(-n2cccn2)cc1. The van der Waals surface area contributed by atoms with Crippen LogP contribution in [0.15, 0.2) is 67.0 Å². The number of carbonyl (C=O) groups is 1. The van der Waals surface area contributed by atoms with Gasteiger partial charge in [0.2, 0.25) is 0 Å². The third-order valence-corrected chi connectivity index (χ3v) is 4.62. The molecule has 0 fully saturated rings. The molecule has 1 heterocycles. The molecule has 0 bridgehead atoms. The standard InChI is InChI=1S/C22H23F3N4O/c1-27(2)13-14-28(16-17-5-3-6-19(15-17)22(23,24)25)21(30)18-7-9-20(10-8-18)29-12-4-11-26-29/h3-12,15H,13-14,16H2,1-2H3. The van der Waals surface area contributed by atoms with Crippen molar-refractivity contribution in [1.82, 2.24) is 19.6 Å². The summed E-state index contributed by atoms with van der Waals surface area (Å²) >= 11 is 0. The van der Waals surface area contributed by atoms with Gasteiger partial charge in [0.1, 0.15) is 0 Å². The van der Waals surface area contributed by atoms with Crippen molar-refractivity contribution >= 4 is 5.91 Å². The maximum Gasteiger partial charge on any atom is 0.416 e.